The molecule has 1 N–H and O–H groups in total. The first-order chi connectivity index (χ1) is 9.90. The molecular weight excluding hydrogens is 278 g/mol. The number of nitro groups is 1. The van der Waals surface area contributed by atoms with Gasteiger partial charge in [-0.05, 0) is 36.6 Å². The van der Waals surface area contributed by atoms with E-state index in [1.54, 1.807) is 0 Å². The SMILES string of the molecule is Cc1ccc(CNc2c([N+](=O)[O-])ccc(F)c2F)cc1C. The van der Waals surface area contributed by atoms with Crippen LogP contribution in [0, 0.1) is 35.6 Å². The van der Waals surface area contributed by atoms with Crippen molar-refractivity contribution in [3.63, 3.8) is 0 Å². The minimum atomic E-state index is -1.24. The van der Waals surface area contributed by atoms with Crippen LogP contribution < -0.4 is 5.32 Å². The van der Waals surface area contributed by atoms with E-state index in [0.717, 1.165) is 28.8 Å². The molecule has 0 heterocycles. The molecule has 2 aromatic rings. The highest BCUT2D eigenvalue weighted by molar-refractivity contribution is 5.62. The van der Waals surface area contributed by atoms with Crippen molar-refractivity contribution >= 4 is 11.4 Å². The number of aryl methyl sites for hydroxylation is 2. The Morgan fingerprint density at radius 3 is 2.48 bits per heavy atom. The molecule has 0 amide bonds. The molecule has 6 heteroatoms. The first-order valence-corrected chi connectivity index (χ1v) is 6.32. The average Bonchev–Trinajstić information content (AvgIpc) is 2.43. The Kier molecular flexibility index (Phi) is 4.16. The van der Waals surface area contributed by atoms with E-state index in [0.29, 0.717) is 0 Å². The zero-order valence-corrected chi connectivity index (χ0v) is 11.6. The standard InChI is InChI=1S/C15H14F2N2O2/c1-9-3-4-11(7-10(9)2)8-18-15-13(19(20)21)6-5-12(16)14(15)17/h3-7,18H,8H2,1-2H3. The minimum Gasteiger partial charge on any atom is -0.373 e. The molecule has 0 atom stereocenters. The number of nitrogens with one attached hydrogen (secondary N) is 1. The van der Waals surface area contributed by atoms with Gasteiger partial charge in [0.05, 0.1) is 4.92 Å². The molecule has 0 spiro atoms. The van der Waals surface area contributed by atoms with Gasteiger partial charge in [0, 0.05) is 12.6 Å². The number of hydrogen-bond donors (Lipinski definition) is 1. The second-order valence-corrected chi connectivity index (χ2v) is 4.78. The molecule has 2 rings (SSSR count). The largest absolute Gasteiger partial charge is 0.373 e. The van der Waals surface area contributed by atoms with Crippen LogP contribution in [0.2, 0.25) is 0 Å². The zero-order valence-electron chi connectivity index (χ0n) is 11.6. The van der Waals surface area contributed by atoms with Crippen molar-refractivity contribution in [2.45, 2.75) is 20.4 Å². The Balaban J connectivity index is 2.28. The number of halogens is 2. The first kappa shape index (κ1) is 14.9. The normalized spacial score (nSPS) is 10.5. The van der Waals surface area contributed by atoms with E-state index < -0.39 is 27.9 Å². The Morgan fingerprint density at radius 2 is 1.86 bits per heavy atom. The molecule has 0 aliphatic carbocycles. The average molecular weight is 292 g/mol. The van der Waals surface area contributed by atoms with Crippen LogP contribution in [-0.2, 0) is 6.54 Å². The van der Waals surface area contributed by atoms with Crippen LogP contribution in [0.1, 0.15) is 16.7 Å². The fraction of sp³-hybridized carbons (Fsp3) is 0.200. The lowest BCUT2D eigenvalue weighted by molar-refractivity contribution is -0.384. The highest BCUT2D eigenvalue weighted by atomic mass is 19.2. The second kappa shape index (κ2) is 5.87. The number of benzene rings is 2. The lowest BCUT2D eigenvalue weighted by Gasteiger charge is -2.10. The molecule has 0 aromatic heterocycles. The van der Waals surface area contributed by atoms with E-state index in [-0.39, 0.29) is 6.54 Å². The Hall–Kier alpha value is -2.50. The highest BCUT2D eigenvalue weighted by Gasteiger charge is 2.21. The molecule has 0 aliphatic rings. The summed E-state index contributed by atoms with van der Waals surface area (Å²) in [5.74, 6) is -2.36. The van der Waals surface area contributed by atoms with Crippen LogP contribution in [0.25, 0.3) is 0 Å². The Bertz CT molecular complexity index is 702. The zero-order chi connectivity index (χ0) is 15.6. The van der Waals surface area contributed by atoms with Crippen molar-refractivity contribution in [2.75, 3.05) is 5.32 Å². The summed E-state index contributed by atoms with van der Waals surface area (Å²) < 4.78 is 27.0. The van der Waals surface area contributed by atoms with Gasteiger partial charge in [0.25, 0.3) is 5.69 Å². The number of nitrogens with zero attached hydrogens (tertiary/aromatic N) is 1. The molecule has 0 unspecified atom stereocenters. The number of anilines is 1. The van der Waals surface area contributed by atoms with Crippen molar-refractivity contribution in [3.8, 4) is 0 Å². The van der Waals surface area contributed by atoms with Crippen LogP contribution in [0.5, 0.6) is 0 Å². The van der Waals surface area contributed by atoms with Crippen LogP contribution >= 0.6 is 0 Å². The van der Waals surface area contributed by atoms with E-state index in [1.807, 2.05) is 32.0 Å². The highest BCUT2D eigenvalue weighted by Crippen LogP contribution is 2.29. The van der Waals surface area contributed by atoms with Crippen LogP contribution in [0.4, 0.5) is 20.2 Å². The maximum absolute atomic E-state index is 13.7. The topological polar surface area (TPSA) is 55.2 Å². The predicted octanol–water partition coefficient (Wildman–Crippen LogP) is 4.10. The van der Waals surface area contributed by atoms with Crippen molar-refractivity contribution < 1.29 is 13.7 Å². The molecule has 0 fully saturated rings. The van der Waals surface area contributed by atoms with Crippen molar-refractivity contribution in [1.82, 2.24) is 0 Å². The fourth-order valence-corrected chi connectivity index (χ4v) is 1.96. The monoisotopic (exact) mass is 292 g/mol. The van der Waals surface area contributed by atoms with E-state index >= 15 is 0 Å². The summed E-state index contributed by atoms with van der Waals surface area (Å²) >= 11 is 0. The summed E-state index contributed by atoms with van der Waals surface area (Å²) in [5.41, 5.74) is 2.08. The van der Waals surface area contributed by atoms with Gasteiger partial charge >= 0.3 is 0 Å². The van der Waals surface area contributed by atoms with Gasteiger partial charge in [0.1, 0.15) is 0 Å². The summed E-state index contributed by atoms with van der Waals surface area (Å²) in [4.78, 5) is 10.1. The van der Waals surface area contributed by atoms with Crippen molar-refractivity contribution in [2.24, 2.45) is 0 Å². The minimum absolute atomic E-state index is 0.169. The summed E-state index contributed by atoms with van der Waals surface area (Å²) in [6.07, 6.45) is 0. The molecule has 0 aliphatic heterocycles. The van der Waals surface area contributed by atoms with Crippen LogP contribution in [0.3, 0.4) is 0 Å². The van der Waals surface area contributed by atoms with Gasteiger partial charge in [0.2, 0.25) is 0 Å². The van der Waals surface area contributed by atoms with E-state index in [9.17, 15) is 18.9 Å². The summed E-state index contributed by atoms with van der Waals surface area (Å²) in [6.45, 7) is 4.07. The third kappa shape index (κ3) is 3.16. The van der Waals surface area contributed by atoms with Gasteiger partial charge in [-0.25, -0.2) is 8.78 Å². The van der Waals surface area contributed by atoms with Gasteiger partial charge in [0.15, 0.2) is 17.3 Å². The van der Waals surface area contributed by atoms with Gasteiger partial charge in [-0.15, -0.1) is 0 Å². The fourth-order valence-electron chi connectivity index (χ4n) is 1.96. The maximum Gasteiger partial charge on any atom is 0.295 e. The Morgan fingerprint density at radius 1 is 1.14 bits per heavy atom. The number of rotatable bonds is 4. The first-order valence-electron chi connectivity index (χ1n) is 6.32. The molecule has 0 bridgehead atoms. The second-order valence-electron chi connectivity index (χ2n) is 4.78. The molecule has 0 saturated carbocycles. The quantitative estimate of drug-likeness (QED) is 0.681. The van der Waals surface area contributed by atoms with E-state index in [2.05, 4.69) is 5.32 Å². The third-order valence-electron chi connectivity index (χ3n) is 3.31. The molecule has 21 heavy (non-hydrogen) atoms. The maximum atomic E-state index is 13.7. The molecular formula is C15H14F2N2O2. The lowest BCUT2D eigenvalue weighted by Crippen LogP contribution is -2.06. The number of nitro benzene ring substituents is 1. The summed E-state index contributed by atoms with van der Waals surface area (Å²) in [7, 11) is 0. The Labute approximate surface area is 120 Å². The van der Waals surface area contributed by atoms with Gasteiger partial charge in [-0.3, -0.25) is 10.1 Å². The van der Waals surface area contributed by atoms with Crippen LogP contribution in [-0.4, -0.2) is 4.92 Å². The molecule has 4 nitrogen and oxygen atoms in total. The number of hydrogen-bond acceptors (Lipinski definition) is 3. The third-order valence-corrected chi connectivity index (χ3v) is 3.31. The van der Waals surface area contributed by atoms with E-state index in [1.165, 1.54) is 0 Å². The molecule has 110 valence electrons. The summed E-state index contributed by atoms with van der Waals surface area (Å²) in [5, 5.41) is 13.5. The van der Waals surface area contributed by atoms with Crippen LogP contribution in [0.15, 0.2) is 30.3 Å². The van der Waals surface area contributed by atoms with Gasteiger partial charge < -0.3 is 5.32 Å². The van der Waals surface area contributed by atoms with Crippen molar-refractivity contribution in [1.29, 1.82) is 0 Å². The lowest BCUT2D eigenvalue weighted by atomic mass is 10.1. The van der Waals surface area contributed by atoms with E-state index in [4.69, 9.17) is 0 Å². The predicted molar refractivity (Wildman–Crippen MR) is 76.3 cm³/mol. The molecule has 0 saturated heterocycles. The van der Waals surface area contributed by atoms with Gasteiger partial charge in [-0.1, -0.05) is 18.2 Å². The molecule has 0 radical (unpaired) electrons. The van der Waals surface area contributed by atoms with Crippen molar-refractivity contribution in [3.05, 3.63) is 68.8 Å². The molecule has 2 aromatic carbocycles. The summed E-state index contributed by atoms with van der Waals surface area (Å²) in [6, 6.07) is 7.32. The smallest absolute Gasteiger partial charge is 0.295 e. The van der Waals surface area contributed by atoms with Gasteiger partial charge in [-0.2, -0.15) is 0 Å².